The van der Waals surface area contributed by atoms with E-state index in [4.69, 9.17) is 19.7 Å². The van der Waals surface area contributed by atoms with Crippen LogP contribution in [0.2, 0.25) is 0 Å². The van der Waals surface area contributed by atoms with Gasteiger partial charge in [0.05, 0.1) is 19.8 Å². The Bertz CT molecular complexity index is 682. The van der Waals surface area contributed by atoms with Crippen LogP contribution in [-0.4, -0.2) is 23.4 Å². The third-order valence-corrected chi connectivity index (χ3v) is 3.24. The number of alkyl halides is 2. The molecule has 8 heteroatoms. The Morgan fingerprint density at radius 3 is 2.50 bits per heavy atom. The number of nitrogens with zero attached hydrogens (tertiary/aromatic N) is 2. The molecule has 2 aromatic rings. The molecule has 0 spiro atoms. The molecule has 0 saturated heterocycles. The Morgan fingerprint density at radius 2 is 1.91 bits per heavy atom. The van der Waals surface area contributed by atoms with Crippen molar-refractivity contribution in [2.24, 2.45) is 5.73 Å². The number of hydrogen-bond acceptors (Lipinski definition) is 6. The standard InChI is InChI=1S/C14H15F2N3O3/c1-14(15,16)9-6-11-10(20-3-2-4-21-11)5-8(9)13-18-12(7-17)22-19-13/h5-6H,2-4,7,17H2,1H3. The molecular weight excluding hydrogens is 296 g/mol. The molecule has 1 aromatic carbocycles. The number of benzene rings is 1. The van der Waals surface area contributed by atoms with E-state index in [9.17, 15) is 8.78 Å². The van der Waals surface area contributed by atoms with E-state index in [0.717, 1.165) is 6.92 Å². The van der Waals surface area contributed by atoms with Crippen molar-refractivity contribution >= 4 is 0 Å². The predicted octanol–water partition coefficient (Wildman–Crippen LogP) is 2.47. The molecule has 1 aliphatic rings. The van der Waals surface area contributed by atoms with Gasteiger partial charge in [-0.2, -0.15) is 4.98 Å². The summed E-state index contributed by atoms with van der Waals surface area (Å²) in [6, 6.07) is 2.73. The Balaban J connectivity index is 2.16. The topological polar surface area (TPSA) is 83.4 Å². The second-order valence-electron chi connectivity index (χ2n) is 5.00. The Kier molecular flexibility index (Phi) is 3.69. The van der Waals surface area contributed by atoms with Gasteiger partial charge in [0, 0.05) is 24.5 Å². The minimum atomic E-state index is -3.09. The maximum atomic E-state index is 14.0. The molecule has 0 saturated carbocycles. The van der Waals surface area contributed by atoms with Crippen LogP contribution in [0, 0.1) is 0 Å². The summed E-state index contributed by atoms with van der Waals surface area (Å²) in [5, 5.41) is 3.71. The van der Waals surface area contributed by atoms with Crippen LogP contribution in [0.25, 0.3) is 11.4 Å². The van der Waals surface area contributed by atoms with E-state index in [1.165, 1.54) is 12.1 Å². The van der Waals surface area contributed by atoms with E-state index in [2.05, 4.69) is 10.1 Å². The number of aromatic nitrogens is 2. The molecule has 118 valence electrons. The summed E-state index contributed by atoms with van der Waals surface area (Å²) in [7, 11) is 0. The lowest BCUT2D eigenvalue weighted by Crippen LogP contribution is -2.10. The number of hydrogen-bond donors (Lipinski definition) is 1. The highest BCUT2D eigenvalue weighted by molar-refractivity contribution is 5.67. The molecular formula is C14H15F2N3O3. The van der Waals surface area contributed by atoms with Gasteiger partial charge >= 0.3 is 0 Å². The van der Waals surface area contributed by atoms with Crippen LogP contribution in [0.15, 0.2) is 16.7 Å². The molecule has 2 heterocycles. The molecule has 2 N–H and O–H groups in total. The van der Waals surface area contributed by atoms with Crippen LogP contribution in [0.5, 0.6) is 11.5 Å². The molecule has 0 aliphatic carbocycles. The van der Waals surface area contributed by atoms with Crippen molar-refractivity contribution in [3.63, 3.8) is 0 Å². The van der Waals surface area contributed by atoms with Crippen LogP contribution >= 0.6 is 0 Å². The minimum absolute atomic E-state index is 0.0371. The summed E-state index contributed by atoms with van der Waals surface area (Å²) in [6.45, 7) is 1.71. The number of nitrogens with two attached hydrogens (primary N) is 1. The average Bonchev–Trinajstić information content (AvgIpc) is 2.83. The molecule has 0 radical (unpaired) electrons. The first kappa shape index (κ1) is 14.7. The van der Waals surface area contributed by atoms with Gasteiger partial charge in [-0.1, -0.05) is 5.16 Å². The number of halogens is 2. The van der Waals surface area contributed by atoms with Gasteiger partial charge in [0.1, 0.15) is 0 Å². The van der Waals surface area contributed by atoms with E-state index < -0.39 is 5.92 Å². The van der Waals surface area contributed by atoms with E-state index in [1.807, 2.05) is 0 Å². The van der Waals surface area contributed by atoms with Gasteiger partial charge in [-0.15, -0.1) is 0 Å². The molecule has 0 atom stereocenters. The van der Waals surface area contributed by atoms with Gasteiger partial charge in [0.2, 0.25) is 11.7 Å². The second kappa shape index (κ2) is 5.53. The van der Waals surface area contributed by atoms with Crippen LogP contribution in [0.1, 0.15) is 24.8 Å². The maximum Gasteiger partial charge on any atom is 0.271 e. The summed E-state index contributed by atoms with van der Waals surface area (Å²) in [4.78, 5) is 4.01. The smallest absolute Gasteiger partial charge is 0.271 e. The lowest BCUT2D eigenvalue weighted by atomic mass is 10.0. The zero-order valence-electron chi connectivity index (χ0n) is 11.9. The number of fused-ring (bicyclic) bond motifs is 1. The highest BCUT2D eigenvalue weighted by Crippen LogP contribution is 2.42. The second-order valence-corrected chi connectivity index (χ2v) is 5.00. The average molecular weight is 311 g/mol. The van der Waals surface area contributed by atoms with Crippen molar-refractivity contribution < 1.29 is 22.8 Å². The first-order valence-corrected chi connectivity index (χ1v) is 6.84. The highest BCUT2D eigenvalue weighted by Gasteiger charge is 2.32. The number of rotatable bonds is 3. The highest BCUT2D eigenvalue weighted by atomic mass is 19.3. The fourth-order valence-corrected chi connectivity index (χ4v) is 2.20. The van der Waals surface area contributed by atoms with Crippen LogP contribution in [-0.2, 0) is 12.5 Å². The molecule has 1 aromatic heterocycles. The summed E-state index contributed by atoms with van der Waals surface area (Å²) in [6.07, 6.45) is 0.682. The first-order valence-electron chi connectivity index (χ1n) is 6.84. The lowest BCUT2D eigenvalue weighted by Gasteiger charge is -2.17. The van der Waals surface area contributed by atoms with Gasteiger partial charge in [-0.3, -0.25) is 0 Å². The fourth-order valence-electron chi connectivity index (χ4n) is 2.20. The molecule has 0 fully saturated rings. The summed E-state index contributed by atoms with van der Waals surface area (Å²) < 4.78 is 43.8. The summed E-state index contributed by atoms with van der Waals surface area (Å²) in [5.74, 6) is -2.19. The Morgan fingerprint density at radius 1 is 1.23 bits per heavy atom. The van der Waals surface area contributed by atoms with Crippen molar-refractivity contribution in [2.75, 3.05) is 13.2 Å². The minimum Gasteiger partial charge on any atom is -0.490 e. The quantitative estimate of drug-likeness (QED) is 0.937. The van der Waals surface area contributed by atoms with Crippen molar-refractivity contribution in [3.05, 3.63) is 23.6 Å². The fraction of sp³-hybridized carbons (Fsp3) is 0.429. The molecule has 0 bridgehead atoms. The van der Waals surface area contributed by atoms with E-state index >= 15 is 0 Å². The molecule has 1 aliphatic heterocycles. The van der Waals surface area contributed by atoms with Crippen molar-refractivity contribution in [1.82, 2.24) is 10.1 Å². The maximum absolute atomic E-state index is 14.0. The third kappa shape index (κ3) is 2.74. The predicted molar refractivity (Wildman–Crippen MR) is 72.8 cm³/mol. The van der Waals surface area contributed by atoms with E-state index in [1.54, 1.807) is 0 Å². The SMILES string of the molecule is CC(F)(F)c1cc2c(cc1-c1noc(CN)n1)OCCCO2. The molecule has 6 nitrogen and oxygen atoms in total. The Hall–Kier alpha value is -2.22. The van der Waals surface area contributed by atoms with Crippen molar-refractivity contribution in [3.8, 4) is 22.9 Å². The van der Waals surface area contributed by atoms with Crippen molar-refractivity contribution in [2.45, 2.75) is 25.8 Å². The van der Waals surface area contributed by atoms with Gasteiger partial charge in [0.15, 0.2) is 11.5 Å². The molecule has 0 amide bonds. The van der Waals surface area contributed by atoms with Crippen LogP contribution in [0.3, 0.4) is 0 Å². The first-order chi connectivity index (χ1) is 10.5. The van der Waals surface area contributed by atoms with Crippen LogP contribution < -0.4 is 15.2 Å². The molecule has 3 rings (SSSR count). The number of ether oxygens (including phenoxy) is 2. The normalized spacial score (nSPS) is 14.7. The van der Waals surface area contributed by atoms with Gasteiger partial charge in [-0.05, 0) is 12.1 Å². The molecule has 22 heavy (non-hydrogen) atoms. The largest absolute Gasteiger partial charge is 0.490 e. The van der Waals surface area contributed by atoms with Gasteiger partial charge in [-0.25, -0.2) is 8.78 Å². The monoisotopic (exact) mass is 311 g/mol. The lowest BCUT2D eigenvalue weighted by molar-refractivity contribution is 0.0177. The zero-order chi connectivity index (χ0) is 15.7. The van der Waals surface area contributed by atoms with E-state index in [0.29, 0.717) is 31.1 Å². The van der Waals surface area contributed by atoms with E-state index in [-0.39, 0.29) is 29.4 Å². The summed E-state index contributed by atoms with van der Waals surface area (Å²) >= 11 is 0. The summed E-state index contributed by atoms with van der Waals surface area (Å²) in [5.41, 5.74) is 5.30. The van der Waals surface area contributed by atoms with Gasteiger partial charge < -0.3 is 19.7 Å². The Labute approximate surface area is 125 Å². The third-order valence-electron chi connectivity index (χ3n) is 3.24. The zero-order valence-corrected chi connectivity index (χ0v) is 11.9. The van der Waals surface area contributed by atoms with Gasteiger partial charge in [0.25, 0.3) is 5.92 Å². The van der Waals surface area contributed by atoms with Crippen LogP contribution in [0.4, 0.5) is 8.78 Å². The molecule has 0 unspecified atom stereocenters. The van der Waals surface area contributed by atoms with Crippen molar-refractivity contribution in [1.29, 1.82) is 0 Å².